The van der Waals surface area contributed by atoms with Crippen molar-refractivity contribution in [2.45, 2.75) is 46.3 Å². The van der Waals surface area contributed by atoms with Gasteiger partial charge in [-0.1, -0.05) is 62.4 Å². The van der Waals surface area contributed by atoms with E-state index in [4.69, 9.17) is 4.74 Å². The molecule has 0 fully saturated rings. The van der Waals surface area contributed by atoms with E-state index in [0.29, 0.717) is 23.9 Å². The van der Waals surface area contributed by atoms with E-state index in [2.05, 4.69) is 36.3 Å². The fraction of sp³-hybridized carbons (Fsp3) is 0.276. The molecule has 9 nitrogen and oxygen atoms in total. The first-order valence-electron chi connectivity index (χ1n) is 12.4. The zero-order valence-corrected chi connectivity index (χ0v) is 21.6. The molecule has 1 atom stereocenters. The minimum absolute atomic E-state index is 0.0302. The van der Waals surface area contributed by atoms with Crippen molar-refractivity contribution in [1.29, 1.82) is 0 Å². The van der Waals surface area contributed by atoms with Crippen LogP contribution in [0.4, 0.5) is 5.69 Å². The molecule has 196 valence electrons. The Hall–Kier alpha value is -4.53. The Labute approximate surface area is 220 Å². The SMILES string of the molecule is CC(C)Cc1ccc(C(C)C(=O)c2ccc(OCc3cn(Cc4ccc([N+](=O)[O-])cc4)nn3)cc2O)cc1. The van der Waals surface area contributed by atoms with Gasteiger partial charge in [-0.15, -0.1) is 5.10 Å². The summed E-state index contributed by atoms with van der Waals surface area (Å²) < 4.78 is 7.35. The largest absolute Gasteiger partial charge is 0.507 e. The van der Waals surface area contributed by atoms with Crippen molar-refractivity contribution < 1.29 is 19.6 Å². The van der Waals surface area contributed by atoms with E-state index >= 15 is 0 Å². The zero-order valence-electron chi connectivity index (χ0n) is 21.6. The summed E-state index contributed by atoms with van der Waals surface area (Å²) in [5, 5.41) is 29.5. The molecule has 1 aromatic heterocycles. The average molecular weight is 515 g/mol. The van der Waals surface area contributed by atoms with Gasteiger partial charge >= 0.3 is 0 Å². The van der Waals surface area contributed by atoms with E-state index in [9.17, 15) is 20.0 Å². The number of Topliss-reactive ketones (excluding diaryl/α,β-unsaturated/α-hetero) is 1. The Kier molecular flexibility index (Phi) is 8.15. The Morgan fingerprint density at radius 1 is 1.03 bits per heavy atom. The summed E-state index contributed by atoms with van der Waals surface area (Å²) >= 11 is 0. The molecule has 0 aliphatic rings. The quantitative estimate of drug-likeness (QED) is 0.155. The van der Waals surface area contributed by atoms with Crippen LogP contribution in [0.3, 0.4) is 0 Å². The number of aromatic hydroxyl groups is 1. The first-order chi connectivity index (χ1) is 18.2. The maximum Gasteiger partial charge on any atom is 0.269 e. The smallest absolute Gasteiger partial charge is 0.269 e. The molecule has 9 heteroatoms. The molecule has 4 rings (SSSR count). The van der Waals surface area contributed by atoms with Crippen molar-refractivity contribution >= 4 is 11.5 Å². The number of nitrogens with zero attached hydrogens (tertiary/aromatic N) is 4. The molecular weight excluding hydrogens is 484 g/mol. The van der Waals surface area contributed by atoms with Gasteiger partial charge < -0.3 is 9.84 Å². The zero-order chi connectivity index (χ0) is 27.2. The molecular formula is C29H30N4O5. The molecule has 0 saturated heterocycles. The first-order valence-corrected chi connectivity index (χ1v) is 12.4. The number of hydrogen-bond donors (Lipinski definition) is 1. The van der Waals surface area contributed by atoms with Crippen molar-refractivity contribution in [2.75, 3.05) is 0 Å². The standard InChI is InChI=1S/C29H30N4O5/c1-19(2)14-21-4-8-23(9-5-21)20(3)29(35)27-13-12-26(15-28(27)34)38-18-24-17-32(31-30-24)16-22-6-10-25(11-7-22)33(36)37/h4-13,15,17,19-20,34H,14,16,18H2,1-3H3. The first kappa shape index (κ1) is 26.5. The summed E-state index contributed by atoms with van der Waals surface area (Å²) in [4.78, 5) is 23.4. The summed E-state index contributed by atoms with van der Waals surface area (Å²) in [6.45, 7) is 6.70. The lowest BCUT2D eigenvalue weighted by atomic mass is 9.90. The fourth-order valence-electron chi connectivity index (χ4n) is 4.16. The maximum atomic E-state index is 13.1. The highest BCUT2D eigenvalue weighted by Crippen LogP contribution is 2.29. The molecule has 38 heavy (non-hydrogen) atoms. The van der Waals surface area contributed by atoms with Gasteiger partial charge in [0.05, 0.1) is 23.2 Å². The maximum absolute atomic E-state index is 13.1. The van der Waals surface area contributed by atoms with Gasteiger partial charge in [0.25, 0.3) is 5.69 Å². The lowest BCUT2D eigenvalue weighted by molar-refractivity contribution is -0.384. The van der Waals surface area contributed by atoms with Gasteiger partial charge in [0.1, 0.15) is 23.8 Å². The van der Waals surface area contributed by atoms with Crippen molar-refractivity contribution in [3.05, 3.63) is 111 Å². The Balaban J connectivity index is 1.34. The third kappa shape index (κ3) is 6.61. The van der Waals surface area contributed by atoms with Gasteiger partial charge in [0, 0.05) is 24.1 Å². The number of ether oxygens (including phenoxy) is 1. The van der Waals surface area contributed by atoms with Gasteiger partial charge in [0.15, 0.2) is 5.78 Å². The topological polar surface area (TPSA) is 120 Å². The van der Waals surface area contributed by atoms with Gasteiger partial charge in [-0.05, 0) is 41.2 Å². The third-order valence-corrected chi connectivity index (χ3v) is 6.22. The molecule has 0 bridgehead atoms. The monoisotopic (exact) mass is 514 g/mol. The van der Waals surface area contributed by atoms with Crippen LogP contribution < -0.4 is 4.74 Å². The summed E-state index contributed by atoms with van der Waals surface area (Å²) in [5.74, 6) is 0.255. The van der Waals surface area contributed by atoms with Crippen molar-refractivity contribution in [3.8, 4) is 11.5 Å². The molecule has 1 unspecified atom stereocenters. The number of hydrogen-bond acceptors (Lipinski definition) is 7. The van der Waals surface area contributed by atoms with E-state index < -0.39 is 10.8 Å². The highest BCUT2D eigenvalue weighted by Gasteiger charge is 2.21. The van der Waals surface area contributed by atoms with E-state index in [1.54, 1.807) is 35.1 Å². The second-order valence-electron chi connectivity index (χ2n) is 9.72. The van der Waals surface area contributed by atoms with E-state index in [-0.39, 0.29) is 29.4 Å². The summed E-state index contributed by atoms with van der Waals surface area (Å²) in [6.07, 6.45) is 2.70. The summed E-state index contributed by atoms with van der Waals surface area (Å²) in [5.41, 5.74) is 3.82. The highest BCUT2D eigenvalue weighted by atomic mass is 16.6. The molecule has 0 aliphatic carbocycles. The summed E-state index contributed by atoms with van der Waals surface area (Å²) in [6, 6.07) is 18.9. The normalized spacial score (nSPS) is 11.9. The van der Waals surface area contributed by atoms with Crippen LogP contribution >= 0.6 is 0 Å². The molecule has 0 amide bonds. The number of rotatable bonds is 11. The van der Waals surface area contributed by atoms with Crippen LogP contribution in [0.25, 0.3) is 0 Å². The van der Waals surface area contributed by atoms with Crippen LogP contribution in [0, 0.1) is 16.0 Å². The van der Waals surface area contributed by atoms with Gasteiger partial charge in [-0.3, -0.25) is 14.9 Å². The molecule has 4 aromatic rings. The van der Waals surface area contributed by atoms with Crippen molar-refractivity contribution in [3.63, 3.8) is 0 Å². The minimum Gasteiger partial charge on any atom is -0.507 e. The lowest BCUT2D eigenvalue weighted by Crippen LogP contribution is -2.10. The van der Waals surface area contributed by atoms with Crippen LogP contribution in [0.15, 0.2) is 72.9 Å². The molecule has 1 N–H and O–H groups in total. The van der Waals surface area contributed by atoms with Gasteiger partial charge in [-0.25, -0.2) is 4.68 Å². The molecule has 1 heterocycles. The molecule has 3 aromatic carbocycles. The Morgan fingerprint density at radius 3 is 2.34 bits per heavy atom. The van der Waals surface area contributed by atoms with E-state index in [1.807, 2.05) is 19.1 Å². The van der Waals surface area contributed by atoms with Crippen LogP contribution in [0.2, 0.25) is 0 Å². The second kappa shape index (κ2) is 11.7. The third-order valence-electron chi connectivity index (χ3n) is 6.22. The number of carbonyl (C=O) groups is 1. The lowest BCUT2D eigenvalue weighted by Gasteiger charge is -2.14. The number of nitro groups is 1. The van der Waals surface area contributed by atoms with Gasteiger partial charge in [-0.2, -0.15) is 0 Å². The molecule has 0 saturated carbocycles. The number of carbonyl (C=O) groups excluding carboxylic acids is 1. The Morgan fingerprint density at radius 2 is 1.71 bits per heavy atom. The van der Waals surface area contributed by atoms with E-state index in [0.717, 1.165) is 17.5 Å². The average Bonchev–Trinajstić information content (AvgIpc) is 3.34. The number of phenols is 1. The number of ketones is 1. The Bertz CT molecular complexity index is 1410. The van der Waals surface area contributed by atoms with Gasteiger partial charge in [0.2, 0.25) is 0 Å². The predicted molar refractivity (Wildman–Crippen MR) is 142 cm³/mol. The predicted octanol–water partition coefficient (Wildman–Crippen LogP) is 5.70. The minimum atomic E-state index is -0.443. The highest BCUT2D eigenvalue weighted by molar-refractivity contribution is 6.03. The van der Waals surface area contributed by atoms with Crippen LogP contribution in [0.1, 0.15) is 59.4 Å². The van der Waals surface area contributed by atoms with Crippen LogP contribution in [-0.2, 0) is 19.6 Å². The van der Waals surface area contributed by atoms with Crippen molar-refractivity contribution in [1.82, 2.24) is 15.0 Å². The number of benzene rings is 3. The molecule has 0 aliphatic heterocycles. The fourth-order valence-corrected chi connectivity index (χ4v) is 4.16. The number of aromatic nitrogens is 3. The number of non-ortho nitro benzene ring substituents is 1. The number of phenolic OH excluding ortho intramolecular Hbond substituents is 1. The van der Waals surface area contributed by atoms with E-state index in [1.165, 1.54) is 23.8 Å². The van der Waals surface area contributed by atoms with Crippen LogP contribution in [0.5, 0.6) is 11.5 Å². The van der Waals surface area contributed by atoms with Crippen LogP contribution in [-0.4, -0.2) is 30.8 Å². The summed E-state index contributed by atoms with van der Waals surface area (Å²) in [7, 11) is 0. The number of nitro benzene ring substituents is 1. The molecule has 0 radical (unpaired) electrons. The second-order valence-corrected chi connectivity index (χ2v) is 9.72. The van der Waals surface area contributed by atoms with Crippen molar-refractivity contribution in [2.24, 2.45) is 5.92 Å². The molecule has 0 spiro atoms.